The average Bonchev–Trinajstić information content (AvgIpc) is 3.14. The van der Waals surface area contributed by atoms with E-state index in [9.17, 15) is 22.8 Å². The van der Waals surface area contributed by atoms with Crippen LogP contribution in [-0.2, 0) is 26.3 Å². The molecule has 40 heavy (non-hydrogen) atoms. The molecule has 3 amide bonds. The number of imide groups is 1. The summed E-state index contributed by atoms with van der Waals surface area (Å²) >= 11 is 2.77. The van der Waals surface area contributed by atoms with Gasteiger partial charge in [0.05, 0.1) is 21.6 Å². The van der Waals surface area contributed by atoms with E-state index in [1.165, 1.54) is 36.1 Å². The van der Waals surface area contributed by atoms with Crippen LogP contribution >= 0.6 is 34.4 Å². The first kappa shape index (κ1) is 29.6. The minimum absolute atomic E-state index is 0.00184. The maximum absolute atomic E-state index is 13.0. The molecular formula is C28H25IN2O7S2. The number of benzene rings is 3. The van der Waals surface area contributed by atoms with Gasteiger partial charge in [-0.1, -0.05) is 29.8 Å². The van der Waals surface area contributed by atoms with Gasteiger partial charge in [0.15, 0.2) is 11.5 Å². The number of carbonyl (C=O) groups excluding carboxylic acids is 3. The van der Waals surface area contributed by atoms with Crippen LogP contribution in [0.25, 0.3) is 6.08 Å². The van der Waals surface area contributed by atoms with Crippen LogP contribution in [0.3, 0.4) is 0 Å². The molecule has 3 aromatic rings. The van der Waals surface area contributed by atoms with Gasteiger partial charge >= 0.3 is 10.1 Å². The lowest BCUT2D eigenvalue weighted by molar-refractivity contribution is -0.123. The first-order valence-electron chi connectivity index (χ1n) is 12.1. The number of nitrogens with one attached hydrogen (secondary N) is 1. The Kier molecular flexibility index (Phi) is 9.21. The van der Waals surface area contributed by atoms with Crippen molar-refractivity contribution in [2.24, 2.45) is 0 Å². The van der Waals surface area contributed by atoms with E-state index in [4.69, 9.17) is 8.92 Å². The van der Waals surface area contributed by atoms with E-state index < -0.39 is 16.0 Å². The highest BCUT2D eigenvalue weighted by Crippen LogP contribution is 2.39. The molecule has 208 valence electrons. The fraction of sp³-hybridized carbons (Fsp3) is 0.179. The normalized spacial score (nSPS) is 14.5. The fourth-order valence-corrected chi connectivity index (χ4v) is 6.42. The largest absolute Gasteiger partial charge is 0.490 e. The molecule has 1 aliphatic rings. The second kappa shape index (κ2) is 12.4. The molecule has 0 saturated carbocycles. The standard InChI is InChI=1S/C28H25IN2O7S2/c1-4-37-24-14-20(15-25-27(33)31(28(34)39-25)16-19-7-5-17(2)6-8-19)13-23(29)26(24)38-40(35,36)22-11-9-21(10-12-22)30-18(3)32/h5-15H,4,16H2,1-3H3,(H,30,32)/b25-15-. The van der Waals surface area contributed by atoms with E-state index in [-0.39, 0.29) is 45.6 Å². The molecule has 1 heterocycles. The Bertz CT molecular complexity index is 1600. The van der Waals surface area contributed by atoms with E-state index in [1.807, 2.05) is 53.8 Å². The van der Waals surface area contributed by atoms with Crippen molar-refractivity contribution in [3.8, 4) is 11.5 Å². The first-order valence-corrected chi connectivity index (χ1v) is 15.4. The summed E-state index contributed by atoms with van der Waals surface area (Å²) in [4.78, 5) is 38.2. The van der Waals surface area contributed by atoms with Crippen molar-refractivity contribution in [3.63, 3.8) is 0 Å². The van der Waals surface area contributed by atoms with Gasteiger partial charge in [-0.05, 0) is 102 Å². The lowest BCUT2D eigenvalue weighted by Gasteiger charge is -2.15. The lowest BCUT2D eigenvalue weighted by atomic mass is 10.1. The summed E-state index contributed by atoms with van der Waals surface area (Å²) in [6.07, 6.45) is 1.57. The number of amides is 3. The molecule has 4 rings (SSSR count). The van der Waals surface area contributed by atoms with Gasteiger partial charge in [0.25, 0.3) is 11.1 Å². The number of carbonyl (C=O) groups is 3. The molecule has 1 saturated heterocycles. The minimum atomic E-state index is -4.24. The van der Waals surface area contributed by atoms with Gasteiger partial charge in [0.1, 0.15) is 4.90 Å². The molecule has 1 aliphatic heterocycles. The maximum atomic E-state index is 13.0. The van der Waals surface area contributed by atoms with E-state index in [2.05, 4.69) is 5.32 Å². The Hall–Kier alpha value is -3.36. The summed E-state index contributed by atoms with van der Waals surface area (Å²) in [6.45, 7) is 5.46. The molecule has 0 radical (unpaired) electrons. The van der Waals surface area contributed by atoms with E-state index >= 15 is 0 Å². The van der Waals surface area contributed by atoms with Gasteiger partial charge < -0.3 is 14.2 Å². The van der Waals surface area contributed by atoms with Crippen LogP contribution in [0.1, 0.15) is 30.5 Å². The molecule has 3 aromatic carbocycles. The highest BCUT2D eigenvalue weighted by molar-refractivity contribution is 14.1. The van der Waals surface area contributed by atoms with Crippen molar-refractivity contribution < 1.29 is 31.7 Å². The van der Waals surface area contributed by atoms with Gasteiger partial charge in [-0.2, -0.15) is 8.42 Å². The molecule has 0 aromatic heterocycles. The molecule has 1 N–H and O–H groups in total. The third-order valence-corrected chi connectivity index (χ3v) is 8.57. The third kappa shape index (κ3) is 7.04. The summed E-state index contributed by atoms with van der Waals surface area (Å²) in [5, 5.41) is 2.21. The number of aryl methyl sites for hydroxylation is 1. The molecular weight excluding hydrogens is 667 g/mol. The number of ether oxygens (including phenoxy) is 1. The minimum Gasteiger partial charge on any atom is -0.490 e. The molecule has 0 spiro atoms. The van der Waals surface area contributed by atoms with E-state index in [0.29, 0.717) is 14.8 Å². The predicted octanol–water partition coefficient (Wildman–Crippen LogP) is 5.96. The Labute approximate surface area is 250 Å². The lowest BCUT2D eigenvalue weighted by Crippen LogP contribution is -2.27. The zero-order valence-corrected chi connectivity index (χ0v) is 25.6. The molecule has 0 bridgehead atoms. The summed E-state index contributed by atoms with van der Waals surface area (Å²) < 4.78 is 37.6. The Morgan fingerprint density at radius 2 is 1.75 bits per heavy atom. The quantitative estimate of drug-likeness (QED) is 0.166. The Morgan fingerprint density at radius 3 is 2.38 bits per heavy atom. The second-order valence-electron chi connectivity index (χ2n) is 8.76. The van der Waals surface area contributed by atoms with Crippen molar-refractivity contribution in [3.05, 3.63) is 85.8 Å². The number of nitrogens with zero attached hydrogens (tertiary/aromatic N) is 1. The molecule has 0 atom stereocenters. The zero-order valence-electron chi connectivity index (χ0n) is 21.8. The van der Waals surface area contributed by atoms with E-state index in [0.717, 1.165) is 22.9 Å². The molecule has 1 fully saturated rings. The summed E-state index contributed by atoms with van der Waals surface area (Å²) in [7, 11) is -4.24. The Balaban J connectivity index is 1.58. The maximum Gasteiger partial charge on any atom is 0.339 e. The van der Waals surface area contributed by atoms with Crippen LogP contribution in [0.4, 0.5) is 10.5 Å². The number of halogens is 1. The predicted molar refractivity (Wildman–Crippen MR) is 162 cm³/mol. The van der Waals surface area contributed by atoms with Crippen LogP contribution in [0.2, 0.25) is 0 Å². The van der Waals surface area contributed by atoms with Crippen LogP contribution in [-0.4, -0.2) is 37.0 Å². The average molecular weight is 693 g/mol. The SMILES string of the molecule is CCOc1cc(/C=C2\SC(=O)N(Cc3ccc(C)cc3)C2=O)cc(I)c1OS(=O)(=O)c1ccc(NC(C)=O)cc1. The number of hydrogen-bond acceptors (Lipinski definition) is 8. The van der Waals surface area contributed by atoms with E-state index in [1.54, 1.807) is 25.1 Å². The van der Waals surface area contributed by atoms with Gasteiger partial charge in [0.2, 0.25) is 5.91 Å². The second-order valence-corrected chi connectivity index (χ2v) is 12.5. The number of thioether (sulfide) groups is 1. The monoisotopic (exact) mass is 692 g/mol. The van der Waals surface area contributed by atoms with Crippen molar-refractivity contribution in [1.29, 1.82) is 0 Å². The first-order chi connectivity index (χ1) is 19.0. The molecule has 0 unspecified atom stereocenters. The Morgan fingerprint density at radius 1 is 1.07 bits per heavy atom. The summed E-state index contributed by atoms with van der Waals surface area (Å²) in [5.74, 6) is -0.524. The third-order valence-electron chi connectivity index (χ3n) is 5.62. The van der Waals surface area contributed by atoms with Crippen LogP contribution < -0.4 is 14.2 Å². The molecule has 12 heteroatoms. The zero-order chi connectivity index (χ0) is 29.0. The highest BCUT2D eigenvalue weighted by Gasteiger charge is 2.35. The van der Waals surface area contributed by atoms with Crippen LogP contribution in [0.5, 0.6) is 11.5 Å². The van der Waals surface area contributed by atoms with Crippen molar-refractivity contribution >= 4 is 73.3 Å². The van der Waals surface area contributed by atoms with Gasteiger partial charge in [-0.25, -0.2) is 0 Å². The number of hydrogen-bond donors (Lipinski definition) is 1. The summed E-state index contributed by atoms with van der Waals surface area (Å²) in [5.41, 5.74) is 2.91. The number of anilines is 1. The van der Waals surface area contributed by atoms with Gasteiger partial charge in [0, 0.05) is 12.6 Å². The van der Waals surface area contributed by atoms with Gasteiger partial charge in [-0.3, -0.25) is 19.3 Å². The van der Waals surface area contributed by atoms with Crippen molar-refractivity contribution in [1.82, 2.24) is 4.90 Å². The topological polar surface area (TPSA) is 119 Å². The van der Waals surface area contributed by atoms with Crippen LogP contribution in [0.15, 0.2) is 70.5 Å². The number of rotatable bonds is 9. The summed E-state index contributed by atoms with van der Waals surface area (Å²) in [6, 6.07) is 16.4. The van der Waals surface area contributed by atoms with Gasteiger partial charge in [-0.15, -0.1) is 0 Å². The fourth-order valence-electron chi connectivity index (χ4n) is 3.74. The molecule has 0 aliphatic carbocycles. The molecule has 9 nitrogen and oxygen atoms in total. The van der Waals surface area contributed by atoms with Crippen molar-refractivity contribution in [2.75, 3.05) is 11.9 Å². The smallest absolute Gasteiger partial charge is 0.339 e. The van der Waals surface area contributed by atoms with Crippen LogP contribution in [0, 0.1) is 10.5 Å². The van der Waals surface area contributed by atoms with Crippen molar-refractivity contribution in [2.45, 2.75) is 32.2 Å². The highest BCUT2D eigenvalue weighted by atomic mass is 127.